The molecule has 10 heavy (non-hydrogen) atoms. The van der Waals surface area contributed by atoms with Crippen LogP contribution in [0, 0.1) is 0 Å². The van der Waals surface area contributed by atoms with Crippen LogP contribution in [0.3, 0.4) is 0 Å². The highest BCUT2D eigenvalue weighted by molar-refractivity contribution is 4.83. The van der Waals surface area contributed by atoms with Gasteiger partial charge in [-0.2, -0.15) is 0 Å². The number of hydrogen-bond donors (Lipinski definition) is 0. The lowest BCUT2D eigenvalue weighted by atomic mass is 10.0. The Bertz CT molecular complexity index is 108. The van der Waals surface area contributed by atoms with Crippen molar-refractivity contribution in [1.29, 1.82) is 0 Å². The van der Waals surface area contributed by atoms with Gasteiger partial charge in [-0.15, -0.1) is 0 Å². The van der Waals surface area contributed by atoms with E-state index in [0.717, 1.165) is 13.2 Å². The van der Waals surface area contributed by atoms with Gasteiger partial charge in [0, 0.05) is 0 Å². The lowest BCUT2D eigenvalue weighted by molar-refractivity contribution is -0.162. The van der Waals surface area contributed by atoms with Crippen LogP contribution in [-0.2, 0) is 9.47 Å². The standard InChI is InChI=1S/C7H15NO2/c1-7(8(2)3)4-9-6-10-5-7/h4-6H2,1-3H3. The van der Waals surface area contributed by atoms with E-state index in [1.54, 1.807) is 0 Å². The molecule has 0 bridgehead atoms. The zero-order valence-electron chi connectivity index (χ0n) is 6.89. The Hall–Kier alpha value is -0.120. The Kier molecular flexibility index (Phi) is 2.28. The molecule has 3 heteroatoms. The minimum Gasteiger partial charge on any atom is -0.353 e. The van der Waals surface area contributed by atoms with Crippen LogP contribution >= 0.6 is 0 Å². The Morgan fingerprint density at radius 2 is 1.70 bits per heavy atom. The van der Waals surface area contributed by atoms with Crippen LogP contribution in [0.2, 0.25) is 0 Å². The van der Waals surface area contributed by atoms with Crippen LogP contribution in [0.4, 0.5) is 0 Å². The third kappa shape index (κ3) is 1.48. The van der Waals surface area contributed by atoms with Crippen molar-refractivity contribution in [2.24, 2.45) is 0 Å². The van der Waals surface area contributed by atoms with Crippen LogP contribution in [0.15, 0.2) is 0 Å². The van der Waals surface area contributed by atoms with Gasteiger partial charge in [-0.1, -0.05) is 0 Å². The lowest BCUT2D eigenvalue weighted by Gasteiger charge is -2.38. The minimum atomic E-state index is 0.0677. The maximum Gasteiger partial charge on any atom is 0.146 e. The average molecular weight is 145 g/mol. The number of ether oxygens (including phenoxy) is 2. The van der Waals surface area contributed by atoms with Crippen LogP contribution in [-0.4, -0.2) is 44.5 Å². The second-order valence-corrected chi connectivity index (χ2v) is 3.21. The molecule has 0 aromatic rings. The summed E-state index contributed by atoms with van der Waals surface area (Å²) in [5.41, 5.74) is 0.0677. The second-order valence-electron chi connectivity index (χ2n) is 3.21. The fraction of sp³-hybridized carbons (Fsp3) is 1.00. The summed E-state index contributed by atoms with van der Waals surface area (Å²) in [6, 6.07) is 0. The van der Waals surface area contributed by atoms with Crippen molar-refractivity contribution in [3.05, 3.63) is 0 Å². The zero-order valence-corrected chi connectivity index (χ0v) is 6.89. The van der Waals surface area contributed by atoms with Gasteiger partial charge in [0.25, 0.3) is 0 Å². The van der Waals surface area contributed by atoms with Crippen molar-refractivity contribution in [1.82, 2.24) is 4.90 Å². The zero-order chi connectivity index (χ0) is 7.61. The van der Waals surface area contributed by atoms with Gasteiger partial charge in [0.05, 0.1) is 18.8 Å². The van der Waals surface area contributed by atoms with Crippen molar-refractivity contribution in [3.8, 4) is 0 Å². The first-order valence-corrected chi connectivity index (χ1v) is 3.48. The molecule has 1 saturated heterocycles. The van der Waals surface area contributed by atoms with Crippen LogP contribution in [0.25, 0.3) is 0 Å². The summed E-state index contributed by atoms with van der Waals surface area (Å²) in [5.74, 6) is 0. The first-order valence-electron chi connectivity index (χ1n) is 3.48. The highest BCUT2D eigenvalue weighted by Crippen LogP contribution is 2.15. The first kappa shape index (κ1) is 7.98. The largest absolute Gasteiger partial charge is 0.353 e. The fourth-order valence-electron chi connectivity index (χ4n) is 0.882. The molecular weight excluding hydrogens is 130 g/mol. The van der Waals surface area contributed by atoms with Gasteiger partial charge >= 0.3 is 0 Å². The molecule has 0 aromatic heterocycles. The number of hydrogen-bond acceptors (Lipinski definition) is 3. The lowest BCUT2D eigenvalue weighted by Crippen LogP contribution is -2.52. The molecule has 0 radical (unpaired) electrons. The Labute approximate surface area is 61.9 Å². The van der Waals surface area contributed by atoms with Crippen molar-refractivity contribution in [2.75, 3.05) is 34.1 Å². The Balaban J connectivity index is 2.48. The highest BCUT2D eigenvalue weighted by atomic mass is 16.7. The molecule has 0 unspecified atom stereocenters. The molecule has 1 fully saturated rings. The third-order valence-corrected chi connectivity index (χ3v) is 2.07. The van der Waals surface area contributed by atoms with Crippen molar-refractivity contribution in [3.63, 3.8) is 0 Å². The minimum absolute atomic E-state index is 0.0677. The summed E-state index contributed by atoms with van der Waals surface area (Å²) in [4.78, 5) is 2.13. The van der Waals surface area contributed by atoms with E-state index in [9.17, 15) is 0 Å². The molecule has 1 rings (SSSR count). The smallest absolute Gasteiger partial charge is 0.146 e. The number of nitrogens with zero attached hydrogens (tertiary/aromatic N) is 1. The summed E-state index contributed by atoms with van der Waals surface area (Å²) in [5, 5.41) is 0. The maximum absolute atomic E-state index is 5.18. The molecule has 0 atom stereocenters. The van der Waals surface area contributed by atoms with E-state index in [1.165, 1.54) is 0 Å². The molecule has 1 aliphatic heterocycles. The van der Waals surface area contributed by atoms with Gasteiger partial charge in [-0.05, 0) is 21.0 Å². The third-order valence-electron chi connectivity index (χ3n) is 2.07. The molecule has 0 aromatic carbocycles. The monoisotopic (exact) mass is 145 g/mol. The van der Waals surface area contributed by atoms with Gasteiger partial charge in [0.15, 0.2) is 0 Å². The van der Waals surface area contributed by atoms with Crippen LogP contribution in [0.1, 0.15) is 6.92 Å². The van der Waals surface area contributed by atoms with Crippen molar-refractivity contribution >= 4 is 0 Å². The SMILES string of the molecule is CN(C)C1(C)COCOC1. The summed E-state index contributed by atoms with van der Waals surface area (Å²) in [6.07, 6.45) is 0. The van der Waals surface area contributed by atoms with Gasteiger partial charge < -0.3 is 9.47 Å². The van der Waals surface area contributed by atoms with Gasteiger partial charge in [-0.25, -0.2) is 0 Å². The van der Waals surface area contributed by atoms with E-state index in [4.69, 9.17) is 9.47 Å². The fourth-order valence-corrected chi connectivity index (χ4v) is 0.882. The second kappa shape index (κ2) is 2.86. The first-order chi connectivity index (χ1) is 4.65. The van der Waals surface area contributed by atoms with Crippen molar-refractivity contribution in [2.45, 2.75) is 12.5 Å². The quantitative estimate of drug-likeness (QED) is 0.530. The van der Waals surface area contributed by atoms with Crippen LogP contribution < -0.4 is 0 Å². The number of likely N-dealkylation sites (N-methyl/N-ethyl adjacent to an activating group) is 1. The molecule has 0 aliphatic carbocycles. The normalized spacial score (nSPS) is 25.2. The predicted octanol–water partition coefficient (Wildman–Crippen LogP) is 0.311. The van der Waals surface area contributed by atoms with E-state index in [2.05, 4.69) is 11.8 Å². The predicted molar refractivity (Wildman–Crippen MR) is 38.9 cm³/mol. The van der Waals surface area contributed by atoms with Gasteiger partial charge in [0.1, 0.15) is 6.79 Å². The molecule has 60 valence electrons. The van der Waals surface area contributed by atoms with E-state index < -0.39 is 0 Å². The van der Waals surface area contributed by atoms with E-state index >= 15 is 0 Å². The van der Waals surface area contributed by atoms with Gasteiger partial charge in [-0.3, -0.25) is 4.90 Å². The molecule has 0 spiro atoms. The molecule has 0 saturated carbocycles. The van der Waals surface area contributed by atoms with Gasteiger partial charge in [0.2, 0.25) is 0 Å². The maximum atomic E-state index is 5.18. The number of rotatable bonds is 1. The van der Waals surface area contributed by atoms with Crippen LogP contribution in [0.5, 0.6) is 0 Å². The Morgan fingerprint density at radius 1 is 1.20 bits per heavy atom. The van der Waals surface area contributed by atoms with E-state index in [0.29, 0.717) is 6.79 Å². The average Bonchev–Trinajstić information content (AvgIpc) is 1.89. The van der Waals surface area contributed by atoms with Crippen molar-refractivity contribution < 1.29 is 9.47 Å². The summed E-state index contributed by atoms with van der Waals surface area (Å²) >= 11 is 0. The van der Waals surface area contributed by atoms with E-state index in [1.807, 2.05) is 14.1 Å². The molecule has 1 aliphatic rings. The summed E-state index contributed by atoms with van der Waals surface area (Å²) < 4.78 is 10.4. The topological polar surface area (TPSA) is 21.7 Å². The summed E-state index contributed by atoms with van der Waals surface area (Å²) in [6.45, 7) is 4.11. The molecule has 0 N–H and O–H groups in total. The Morgan fingerprint density at radius 3 is 2.00 bits per heavy atom. The van der Waals surface area contributed by atoms with E-state index in [-0.39, 0.29) is 5.54 Å². The summed E-state index contributed by atoms with van der Waals surface area (Å²) in [7, 11) is 4.08. The molecule has 0 amide bonds. The highest BCUT2D eigenvalue weighted by Gasteiger charge is 2.30. The molecular formula is C7H15NO2. The molecule has 3 nitrogen and oxygen atoms in total. The molecule has 1 heterocycles.